The molecule has 0 bridgehead atoms. The zero-order valence-corrected chi connectivity index (χ0v) is 11.1. The highest BCUT2D eigenvalue weighted by molar-refractivity contribution is 7.88. The van der Waals surface area contributed by atoms with Gasteiger partial charge in [0, 0.05) is 12.6 Å². The Bertz CT molecular complexity index is 347. The maximum Gasteiger partial charge on any atom is 0.208 e. The van der Waals surface area contributed by atoms with Gasteiger partial charge in [-0.05, 0) is 12.8 Å². The van der Waals surface area contributed by atoms with E-state index in [4.69, 9.17) is 5.73 Å². The minimum absolute atomic E-state index is 0.284. The monoisotopic (exact) mass is 262 g/mol. The molecule has 0 amide bonds. The van der Waals surface area contributed by atoms with Crippen LogP contribution in [0.3, 0.4) is 0 Å². The molecular formula is C10H22N4O2S. The molecule has 6 nitrogen and oxygen atoms in total. The predicted octanol–water partition coefficient (Wildman–Crippen LogP) is -0.227. The molecule has 0 radical (unpaired) electrons. The number of sulfonamides is 1. The fraction of sp³-hybridized carbons (Fsp3) is 0.900. The molecule has 0 aromatic carbocycles. The molecule has 100 valence electrons. The van der Waals surface area contributed by atoms with Gasteiger partial charge in [-0.3, -0.25) is 4.99 Å². The summed E-state index contributed by atoms with van der Waals surface area (Å²) in [4.78, 5) is 4.08. The summed E-state index contributed by atoms with van der Waals surface area (Å²) in [7, 11) is -3.13. The van der Waals surface area contributed by atoms with Crippen molar-refractivity contribution in [2.45, 2.75) is 38.1 Å². The number of aliphatic imine (C=N–C) groups is 1. The Morgan fingerprint density at radius 1 is 1.35 bits per heavy atom. The summed E-state index contributed by atoms with van der Waals surface area (Å²) in [5, 5.41) is 3.17. The number of hydrogen-bond donors (Lipinski definition) is 3. The van der Waals surface area contributed by atoms with Crippen molar-refractivity contribution in [1.29, 1.82) is 0 Å². The fourth-order valence-electron chi connectivity index (χ4n) is 1.91. The van der Waals surface area contributed by atoms with Crippen molar-refractivity contribution in [2.24, 2.45) is 10.7 Å². The lowest BCUT2D eigenvalue weighted by molar-refractivity contribution is 0.412. The van der Waals surface area contributed by atoms with Crippen LogP contribution in [-0.2, 0) is 10.0 Å². The Morgan fingerprint density at radius 2 is 2.00 bits per heavy atom. The molecule has 1 rings (SSSR count). The molecule has 1 aliphatic rings. The van der Waals surface area contributed by atoms with Crippen molar-refractivity contribution in [3.05, 3.63) is 0 Å². The Labute approximate surface area is 103 Å². The summed E-state index contributed by atoms with van der Waals surface area (Å²) < 4.78 is 23.9. The van der Waals surface area contributed by atoms with Crippen molar-refractivity contribution < 1.29 is 8.42 Å². The summed E-state index contributed by atoms with van der Waals surface area (Å²) in [6.07, 6.45) is 7.17. The maximum atomic E-state index is 10.8. The first-order chi connectivity index (χ1) is 7.97. The smallest absolute Gasteiger partial charge is 0.208 e. The summed E-state index contributed by atoms with van der Waals surface area (Å²) in [5.74, 6) is 0.409. The SMILES string of the molecule is CS(=O)(=O)NCCN=C(N)NC1CCCCC1. The Morgan fingerprint density at radius 3 is 2.59 bits per heavy atom. The number of rotatable bonds is 5. The summed E-state index contributed by atoms with van der Waals surface area (Å²) in [6, 6.07) is 0.426. The average molecular weight is 262 g/mol. The lowest BCUT2D eigenvalue weighted by Crippen LogP contribution is -2.41. The number of hydrogen-bond acceptors (Lipinski definition) is 3. The van der Waals surface area contributed by atoms with E-state index < -0.39 is 10.0 Å². The van der Waals surface area contributed by atoms with E-state index in [1.54, 1.807) is 0 Å². The molecule has 0 aromatic heterocycles. The van der Waals surface area contributed by atoms with E-state index in [9.17, 15) is 8.42 Å². The van der Waals surface area contributed by atoms with Gasteiger partial charge in [0.05, 0.1) is 12.8 Å². The van der Waals surface area contributed by atoms with Gasteiger partial charge in [0.2, 0.25) is 10.0 Å². The third-order valence-corrected chi connectivity index (χ3v) is 3.44. The summed E-state index contributed by atoms with van der Waals surface area (Å²) in [5.41, 5.74) is 5.72. The normalized spacial score (nSPS) is 19.2. The second kappa shape index (κ2) is 6.80. The molecular weight excluding hydrogens is 240 g/mol. The number of nitrogens with two attached hydrogens (primary N) is 1. The van der Waals surface area contributed by atoms with Crippen LogP contribution in [0.4, 0.5) is 0 Å². The van der Waals surface area contributed by atoms with Gasteiger partial charge >= 0.3 is 0 Å². The first kappa shape index (κ1) is 14.2. The van der Waals surface area contributed by atoms with Crippen LogP contribution in [0, 0.1) is 0 Å². The topological polar surface area (TPSA) is 96.6 Å². The van der Waals surface area contributed by atoms with Crippen LogP contribution in [-0.4, -0.2) is 39.8 Å². The highest BCUT2D eigenvalue weighted by atomic mass is 32.2. The van der Waals surface area contributed by atoms with Gasteiger partial charge < -0.3 is 11.1 Å². The van der Waals surface area contributed by atoms with Gasteiger partial charge in [0.15, 0.2) is 5.96 Å². The van der Waals surface area contributed by atoms with E-state index in [-0.39, 0.29) is 6.54 Å². The molecule has 1 fully saturated rings. The molecule has 0 aromatic rings. The first-order valence-corrected chi connectivity index (χ1v) is 7.87. The Kier molecular flexibility index (Phi) is 5.70. The van der Waals surface area contributed by atoms with Crippen molar-refractivity contribution in [2.75, 3.05) is 19.3 Å². The van der Waals surface area contributed by atoms with E-state index in [1.807, 2.05) is 0 Å². The van der Waals surface area contributed by atoms with Gasteiger partial charge in [-0.1, -0.05) is 19.3 Å². The zero-order valence-electron chi connectivity index (χ0n) is 10.3. The molecule has 0 saturated heterocycles. The van der Waals surface area contributed by atoms with Crippen molar-refractivity contribution in [3.8, 4) is 0 Å². The number of nitrogens with zero attached hydrogens (tertiary/aromatic N) is 1. The standard InChI is InChI=1S/C10H22N4O2S/c1-17(15,16)13-8-7-12-10(11)14-9-5-3-2-4-6-9/h9,13H,2-8H2,1H3,(H3,11,12,14). The highest BCUT2D eigenvalue weighted by Crippen LogP contribution is 2.16. The Hall–Kier alpha value is -0.820. The van der Waals surface area contributed by atoms with Gasteiger partial charge in [-0.25, -0.2) is 13.1 Å². The molecule has 1 aliphatic carbocycles. The van der Waals surface area contributed by atoms with Crippen LogP contribution in [0.2, 0.25) is 0 Å². The molecule has 0 aliphatic heterocycles. The average Bonchev–Trinajstić information content (AvgIpc) is 2.25. The third-order valence-electron chi connectivity index (χ3n) is 2.72. The van der Waals surface area contributed by atoms with E-state index in [0.717, 1.165) is 19.1 Å². The minimum Gasteiger partial charge on any atom is -0.370 e. The molecule has 4 N–H and O–H groups in total. The van der Waals surface area contributed by atoms with Gasteiger partial charge in [-0.2, -0.15) is 0 Å². The lowest BCUT2D eigenvalue weighted by atomic mass is 9.96. The lowest BCUT2D eigenvalue weighted by Gasteiger charge is -2.23. The van der Waals surface area contributed by atoms with E-state index in [0.29, 0.717) is 18.5 Å². The Balaban J connectivity index is 2.19. The number of nitrogens with one attached hydrogen (secondary N) is 2. The van der Waals surface area contributed by atoms with E-state index in [2.05, 4.69) is 15.0 Å². The molecule has 0 atom stereocenters. The second-order valence-electron chi connectivity index (χ2n) is 4.41. The fourth-order valence-corrected chi connectivity index (χ4v) is 2.37. The predicted molar refractivity (Wildman–Crippen MR) is 69.3 cm³/mol. The molecule has 0 spiro atoms. The number of guanidine groups is 1. The van der Waals surface area contributed by atoms with E-state index in [1.165, 1.54) is 19.3 Å². The van der Waals surface area contributed by atoms with Gasteiger partial charge in [0.25, 0.3) is 0 Å². The van der Waals surface area contributed by atoms with Crippen molar-refractivity contribution >= 4 is 16.0 Å². The van der Waals surface area contributed by atoms with Gasteiger partial charge in [0.1, 0.15) is 0 Å². The maximum absolute atomic E-state index is 10.8. The van der Waals surface area contributed by atoms with Crippen LogP contribution < -0.4 is 15.8 Å². The van der Waals surface area contributed by atoms with Crippen molar-refractivity contribution in [1.82, 2.24) is 10.0 Å². The van der Waals surface area contributed by atoms with Crippen LogP contribution in [0.1, 0.15) is 32.1 Å². The zero-order chi connectivity index (χ0) is 12.7. The van der Waals surface area contributed by atoms with Gasteiger partial charge in [-0.15, -0.1) is 0 Å². The van der Waals surface area contributed by atoms with E-state index >= 15 is 0 Å². The van der Waals surface area contributed by atoms with Crippen LogP contribution in [0.5, 0.6) is 0 Å². The molecule has 0 heterocycles. The molecule has 17 heavy (non-hydrogen) atoms. The van der Waals surface area contributed by atoms with Crippen LogP contribution >= 0.6 is 0 Å². The highest BCUT2D eigenvalue weighted by Gasteiger charge is 2.13. The third kappa shape index (κ3) is 7.17. The molecule has 1 saturated carbocycles. The summed E-state index contributed by atoms with van der Waals surface area (Å²) >= 11 is 0. The minimum atomic E-state index is -3.13. The quantitative estimate of drug-likeness (QED) is 0.362. The van der Waals surface area contributed by atoms with Crippen LogP contribution in [0.15, 0.2) is 4.99 Å². The first-order valence-electron chi connectivity index (χ1n) is 5.98. The molecule has 0 unspecified atom stereocenters. The largest absolute Gasteiger partial charge is 0.370 e. The molecule has 7 heteroatoms. The van der Waals surface area contributed by atoms with Crippen LogP contribution in [0.25, 0.3) is 0 Å². The summed E-state index contributed by atoms with van der Waals surface area (Å²) in [6.45, 7) is 0.643. The second-order valence-corrected chi connectivity index (χ2v) is 6.25. The van der Waals surface area contributed by atoms with Crippen molar-refractivity contribution in [3.63, 3.8) is 0 Å².